The largest absolute Gasteiger partial charge is 0.487 e. The van der Waals surface area contributed by atoms with Crippen LogP contribution in [0.15, 0.2) is 42.5 Å². The van der Waals surface area contributed by atoms with Crippen molar-refractivity contribution in [3.63, 3.8) is 0 Å². The Morgan fingerprint density at radius 2 is 1.96 bits per heavy atom. The van der Waals surface area contributed by atoms with E-state index in [2.05, 4.69) is 4.98 Å². The Balaban J connectivity index is 1.57. The molecule has 1 heterocycles. The van der Waals surface area contributed by atoms with Crippen molar-refractivity contribution in [3.8, 4) is 16.7 Å². The Morgan fingerprint density at radius 1 is 1.14 bits per heavy atom. The number of carbonyl (C=O) groups excluding carboxylic acids is 1. The summed E-state index contributed by atoms with van der Waals surface area (Å²) in [5.74, 6) is 1.73. The number of nitrogens with zero attached hydrogens (tertiary/aromatic N) is 1. The molecule has 3 aromatic rings. The molecule has 0 radical (unpaired) electrons. The lowest BCUT2D eigenvalue weighted by Crippen LogP contribution is -2.11. The third-order valence-electron chi connectivity index (χ3n) is 5.16. The van der Waals surface area contributed by atoms with E-state index in [4.69, 9.17) is 9.47 Å². The molecule has 1 fully saturated rings. The van der Waals surface area contributed by atoms with Crippen molar-refractivity contribution in [1.82, 2.24) is 4.98 Å². The molecule has 146 valence electrons. The van der Waals surface area contributed by atoms with Gasteiger partial charge in [0.25, 0.3) is 5.19 Å². The molecule has 0 spiro atoms. The number of benzene rings is 2. The van der Waals surface area contributed by atoms with Gasteiger partial charge in [0.05, 0.1) is 16.3 Å². The number of fused-ring (bicyclic) bond motifs is 1. The maximum absolute atomic E-state index is 11.7. The fourth-order valence-electron chi connectivity index (χ4n) is 3.52. The fraction of sp³-hybridized carbons (Fsp3) is 0.391. The van der Waals surface area contributed by atoms with Gasteiger partial charge in [-0.2, -0.15) is 0 Å². The number of carbonyl (C=O) groups is 1. The summed E-state index contributed by atoms with van der Waals surface area (Å²) in [6, 6.07) is 14.0. The van der Waals surface area contributed by atoms with Gasteiger partial charge in [-0.15, -0.1) is 0 Å². The molecule has 1 saturated carbocycles. The summed E-state index contributed by atoms with van der Waals surface area (Å²) < 4.78 is 13.5. The van der Waals surface area contributed by atoms with Gasteiger partial charge in [-0.25, -0.2) is 4.98 Å². The zero-order valence-electron chi connectivity index (χ0n) is 16.1. The van der Waals surface area contributed by atoms with Crippen LogP contribution in [-0.2, 0) is 11.2 Å². The first-order chi connectivity index (χ1) is 13.7. The van der Waals surface area contributed by atoms with E-state index in [0.29, 0.717) is 23.8 Å². The van der Waals surface area contributed by atoms with Gasteiger partial charge in [0.15, 0.2) is 11.5 Å². The zero-order chi connectivity index (χ0) is 19.3. The van der Waals surface area contributed by atoms with Crippen molar-refractivity contribution in [2.24, 2.45) is 0 Å². The average Bonchev–Trinajstić information content (AvgIpc) is 3.36. The highest BCUT2D eigenvalue weighted by Gasteiger charge is 2.20. The molecule has 28 heavy (non-hydrogen) atoms. The summed E-state index contributed by atoms with van der Waals surface area (Å²) in [6.45, 7) is 1.91. The summed E-state index contributed by atoms with van der Waals surface area (Å²) in [6.07, 6.45) is 6.72. The molecule has 5 heteroatoms. The van der Waals surface area contributed by atoms with Gasteiger partial charge < -0.3 is 9.47 Å². The van der Waals surface area contributed by atoms with Crippen molar-refractivity contribution < 1.29 is 14.3 Å². The lowest BCUT2D eigenvalue weighted by Gasteiger charge is -2.17. The number of rotatable bonds is 8. The molecule has 0 atom stereocenters. The zero-order valence-corrected chi connectivity index (χ0v) is 17.0. The van der Waals surface area contributed by atoms with Gasteiger partial charge in [0.1, 0.15) is 5.78 Å². The Bertz CT molecular complexity index is 926. The van der Waals surface area contributed by atoms with Crippen LogP contribution in [0.4, 0.5) is 0 Å². The molecule has 1 aromatic heterocycles. The van der Waals surface area contributed by atoms with Gasteiger partial charge in [-0.1, -0.05) is 36.5 Å². The average molecular weight is 396 g/mol. The van der Waals surface area contributed by atoms with Crippen molar-refractivity contribution in [2.45, 2.75) is 58.0 Å². The van der Waals surface area contributed by atoms with Crippen LogP contribution in [-0.4, -0.2) is 16.9 Å². The van der Waals surface area contributed by atoms with E-state index in [1.54, 1.807) is 0 Å². The number of ether oxygens (including phenoxy) is 2. The molecule has 0 amide bonds. The number of hydrogen-bond donors (Lipinski definition) is 0. The molecule has 0 bridgehead atoms. The highest BCUT2D eigenvalue weighted by Crippen LogP contribution is 2.38. The molecule has 0 N–H and O–H groups in total. The molecular weight excluding hydrogens is 370 g/mol. The van der Waals surface area contributed by atoms with Crippen LogP contribution >= 0.6 is 11.3 Å². The molecule has 0 aliphatic heterocycles. The first-order valence-electron chi connectivity index (χ1n) is 10.1. The van der Waals surface area contributed by atoms with E-state index in [9.17, 15) is 4.79 Å². The Labute approximate surface area is 169 Å². The van der Waals surface area contributed by atoms with E-state index < -0.39 is 0 Å². The smallest absolute Gasteiger partial charge is 0.279 e. The summed E-state index contributed by atoms with van der Waals surface area (Å²) in [7, 11) is 0. The molecule has 4 rings (SSSR count). The Morgan fingerprint density at radius 3 is 2.75 bits per heavy atom. The molecule has 2 aromatic carbocycles. The number of hydrogen-bond acceptors (Lipinski definition) is 5. The summed E-state index contributed by atoms with van der Waals surface area (Å²) in [5, 5.41) is 0.617. The number of para-hydroxylation sites is 1. The van der Waals surface area contributed by atoms with E-state index in [0.717, 1.165) is 40.8 Å². The van der Waals surface area contributed by atoms with Crippen molar-refractivity contribution in [1.29, 1.82) is 0 Å². The van der Waals surface area contributed by atoms with Gasteiger partial charge in [0, 0.05) is 12.8 Å². The van der Waals surface area contributed by atoms with Gasteiger partial charge in [-0.05, 0) is 61.9 Å². The molecular formula is C23H25NO3S. The van der Waals surface area contributed by atoms with Crippen molar-refractivity contribution in [2.75, 3.05) is 0 Å². The minimum atomic E-state index is 0.241. The second kappa shape index (κ2) is 8.74. The summed E-state index contributed by atoms with van der Waals surface area (Å²) in [5.41, 5.74) is 2.04. The van der Waals surface area contributed by atoms with Crippen LogP contribution in [0.1, 0.15) is 51.0 Å². The number of aryl methyl sites for hydroxylation is 1. The SMILES string of the molecule is CCC(=O)CCc1ccc(Oc2nc3ccccc3s2)c(OC2CCCC2)c1. The monoisotopic (exact) mass is 395 g/mol. The fourth-order valence-corrected chi connectivity index (χ4v) is 4.35. The highest BCUT2D eigenvalue weighted by molar-refractivity contribution is 7.20. The predicted molar refractivity (Wildman–Crippen MR) is 113 cm³/mol. The first-order valence-corrected chi connectivity index (χ1v) is 10.9. The third-order valence-corrected chi connectivity index (χ3v) is 6.08. The number of Topliss-reactive ketones (excluding diaryl/α,β-unsaturated/α-hetero) is 1. The van der Waals surface area contributed by atoms with Crippen LogP contribution in [0.5, 0.6) is 16.7 Å². The molecule has 0 saturated heterocycles. The van der Waals surface area contributed by atoms with Crippen molar-refractivity contribution in [3.05, 3.63) is 48.0 Å². The lowest BCUT2D eigenvalue weighted by molar-refractivity contribution is -0.118. The standard InChI is InChI=1S/C23H25NO3S/c1-2-17(25)13-11-16-12-14-20(21(15-16)26-18-7-3-4-8-18)27-23-24-19-9-5-6-10-22(19)28-23/h5-6,9-10,12,14-15,18H,2-4,7-8,11,13H2,1H3. The first kappa shape index (κ1) is 18.9. The van der Waals surface area contributed by atoms with Crippen LogP contribution in [0.3, 0.4) is 0 Å². The minimum absolute atomic E-state index is 0.241. The second-order valence-electron chi connectivity index (χ2n) is 7.25. The van der Waals surface area contributed by atoms with E-state index in [1.165, 1.54) is 24.2 Å². The van der Waals surface area contributed by atoms with Crippen LogP contribution in [0, 0.1) is 0 Å². The Kier molecular flexibility index (Phi) is 5.91. The normalized spacial score (nSPS) is 14.5. The van der Waals surface area contributed by atoms with Crippen LogP contribution < -0.4 is 9.47 Å². The topological polar surface area (TPSA) is 48.4 Å². The number of thiazole rings is 1. The molecule has 1 aliphatic carbocycles. The lowest BCUT2D eigenvalue weighted by atomic mass is 10.1. The number of ketones is 1. The van der Waals surface area contributed by atoms with E-state index >= 15 is 0 Å². The maximum atomic E-state index is 11.7. The van der Waals surface area contributed by atoms with E-state index in [1.807, 2.05) is 49.4 Å². The summed E-state index contributed by atoms with van der Waals surface area (Å²) >= 11 is 1.53. The molecule has 1 aliphatic rings. The quantitative estimate of drug-likeness (QED) is 0.448. The summed E-state index contributed by atoms with van der Waals surface area (Å²) in [4.78, 5) is 16.2. The molecule has 0 unspecified atom stereocenters. The number of aromatic nitrogens is 1. The van der Waals surface area contributed by atoms with Crippen molar-refractivity contribution >= 4 is 27.3 Å². The van der Waals surface area contributed by atoms with Gasteiger partial charge in [0.2, 0.25) is 0 Å². The molecule has 4 nitrogen and oxygen atoms in total. The van der Waals surface area contributed by atoms with E-state index in [-0.39, 0.29) is 11.9 Å². The van der Waals surface area contributed by atoms with Gasteiger partial charge in [-0.3, -0.25) is 4.79 Å². The Hall–Kier alpha value is -2.40. The van der Waals surface area contributed by atoms with Gasteiger partial charge >= 0.3 is 0 Å². The maximum Gasteiger partial charge on any atom is 0.279 e. The third kappa shape index (κ3) is 4.53. The highest BCUT2D eigenvalue weighted by atomic mass is 32.1. The minimum Gasteiger partial charge on any atom is -0.487 e. The predicted octanol–water partition coefficient (Wildman–Crippen LogP) is 6.32. The van der Waals surface area contributed by atoms with Crippen LogP contribution in [0.2, 0.25) is 0 Å². The van der Waals surface area contributed by atoms with Crippen LogP contribution in [0.25, 0.3) is 10.2 Å². The second-order valence-corrected chi connectivity index (χ2v) is 8.24.